The quantitative estimate of drug-likeness (QED) is 0.892. The SMILES string of the molecule is O=C(Nc1ccc(Cl)cc1C(O)c1ccccc1)C1COCCO1. The first kappa shape index (κ1) is 16.9. The lowest BCUT2D eigenvalue weighted by Gasteiger charge is -2.23. The number of anilines is 1. The van der Waals surface area contributed by atoms with Gasteiger partial charge in [0.2, 0.25) is 0 Å². The Balaban J connectivity index is 1.84. The van der Waals surface area contributed by atoms with E-state index in [1.165, 1.54) is 0 Å². The number of benzene rings is 2. The van der Waals surface area contributed by atoms with Crippen molar-refractivity contribution in [3.63, 3.8) is 0 Å². The van der Waals surface area contributed by atoms with Crippen LogP contribution >= 0.6 is 11.6 Å². The van der Waals surface area contributed by atoms with Gasteiger partial charge < -0.3 is 19.9 Å². The number of nitrogens with one attached hydrogen (secondary N) is 1. The van der Waals surface area contributed by atoms with E-state index in [2.05, 4.69) is 5.32 Å². The van der Waals surface area contributed by atoms with Crippen LogP contribution < -0.4 is 5.32 Å². The minimum absolute atomic E-state index is 0.218. The molecule has 1 fully saturated rings. The van der Waals surface area contributed by atoms with Crippen LogP contribution in [0.4, 0.5) is 5.69 Å². The first-order chi connectivity index (χ1) is 11.6. The molecule has 0 spiro atoms. The molecule has 3 rings (SSSR count). The number of rotatable bonds is 4. The highest BCUT2D eigenvalue weighted by atomic mass is 35.5. The van der Waals surface area contributed by atoms with Gasteiger partial charge in [0.05, 0.1) is 19.8 Å². The molecule has 1 aliphatic heterocycles. The third kappa shape index (κ3) is 3.94. The van der Waals surface area contributed by atoms with Crippen molar-refractivity contribution >= 4 is 23.2 Å². The number of hydrogen-bond acceptors (Lipinski definition) is 4. The van der Waals surface area contributed by atoms with Gasteiger partial charge in [0.15, 0.2) is 6.10 Å². The highest BCUT2D eigenvalue weighted by Gasteiger charge is 2.24. The summed E-state index contributed by atoms with van der Waals surface area (Å²) in [5.74, 6) is -0.307. The highest BCUT2D eigenvalue weighted by molar-refractivity contribution is 6.30. The van der Waals surface area contributed by atoms with E-state index in [9.17, 15) is 9.90 Å². The molecule has 2 unspecified atom stereocenters. The summed E-state index contributed by atoms with van der Waals surface area (Å²) >= 11 is 6.07. The number of hydrogen-bond donors (Lipinski definition) is 2. The summed E-state index contributed by atoms with van der Waals surface area (Å²) in [7, 11) is 0. The molecule has 2 aromatic carbocycles. The second-order valence-electron chi connectivity index (χ2n) is 5.47. The molecule has 0 saturated carbocycles. The summed E-state index contributed by atoms with van der Waals surface area (Å²) in [6, 6.07) is 14.2. The van der Waals surface area contributed by atoms with Crippen molar-refractivity contribution < 1.29 is 19.4 Å². The van der Waals surface area contributed by atoms with E-state index in [0.29, 0.717) is 35.1 Å². The molecule has 0 bridgehead atoms. The molecular weight excluding hydrogens is 330 g/mol. The van der Waals surface area contributed by atoms with Crippen molar-refractivity contribution in [3.8, 4) is 0 Å². The Morgan fingerprint density at radius 2 is 2.00 bits per heavy atom. The number of carbonyl (C=O) groups is 1. The monoisotopic (exact) mass is 347 g/mol. The number of ether oxygens (including phenoxy) is 2. The Hall–Kier alpha value is -1.92. The van der Waals surface area contributed by atoms with Crippen LogP contribution in [0.15, 0.2) is 48.5 Å². The van der Waals surface area contributed by atoms with Crippen LogP contribution in [-0.4, -0.2) is 36.9 Å². The Bertz CT molecular complexity index is 701. The fraction of sp³-hybridized carbons (Fsp3) is 0.278. The Morgan fingerprint density at radius 1 is 1.21 bits per heavy atom. The van der Waals surface area contributed by atoms with E-state index in [4.69, 9.17) is 21.1 Å². The zero-order valence-corrected chi connectivity index (χ0v) is 13.7. The Kier molecular flexibility index (Phi) is 5.48. The van der Waals surface area contributed by atoms with Crippen molar-refractivity contribution in [3.05, 3.63) is 64.7 Å². The molecule has 0 aliphatic carbocycles. The molecular formula is C18H18ClNO4. The summed E-state index contributed by atoms with van der Waals surface area (Å²) in [6.07, 6.45) is -1.56. The summed E-state index contributed by atoms with van der Waals surface area (Å²) in [6.45, 7) is 1.09. The summed E-state index contributed by atoms with van der Waals surface area (Å²) in [5.41, 5.74) is 1.74. The van der Waals surface area contributed by atoms with Crippen LogP contribution in [0.5, 0.6) is 0 Å². The van der Waals surface area contributed by atoms with E-state index in [1.54, 1.807) is 18.2 Å². The van der Waals surface area contributed by atoms with Gasteiger partial charge in [-0.15, -0.1) is 0 Å². The summed E-state index contributed by atoms with van der Waals surface area (Å²) in [5, 5.41) is 13.9. The van der Waals surface area contributed by atoms with Crippen molar-refractivity contribution in [1.29, 1.82) is 0 Å². The average Bonchev–Trinajstić information content (AvgIpc) is 2.64. The predicted molar refractivity (Wildman–Crippen MR) is 91.1 cm³/mol. The van der Waals surface area contributed by atoms with E-state index in [-0.39, 0.29) is 12.5 Å². The molecule has 0 radical (unpaired) electrons. The molecule has 24 heavy (non-hydrogen) atoms. The van der Waals surface area contributed by atoms with Gasteiger partial charge in [0, 0.05) is 16.3 Å². The van der Waals surface area contributed by atoms with Gasteiger partial charge in [-0.2, -0.15) is 0 Å². The largest absolute Gasteiger partial charge is 0.384 e. The lowest BCUT2D eigenvalue weighted by Crippen LogP contribution is -2.39. The first-order valence-electron chi connectivity index (χ1n) is 7.68. The molecule has 2 atom stereocenters. The standard InChI is InChI=1S/C18H18ClNO4/c19-13-6-7-15(20-18(22)16-11-23-8-9-24-16)14(10-13)17(21)12-4-2-1-3-5-12/h1-7,10,16-17,21H,8-9,11H2,(H,20,22). The van der Waals surface area contributed by atoms with Gasteiger partial charge in [-0.3, -0.25) is 4.79 Å². The second-order valence-corrected chi connectivity index (χ2v) is 5.90. The smallest absolute Gasteiger partial charge is 0.255 e. The molecule has 1 saturated heterocycles. The van der Waals surface area contributed by atoms with Gasteiger partial charge in [-0.1, -0.05) is 41.9 Å². The second kappa shape index (κ2) is 7.77. The van der Waals surface area contributed by atoms with Crippen molar-refractivity contribution in [2.45, 2.75) is 12.2 Å². The topological polar surface area (TPSA) is 67.8 Å². The predicted octanol–water partition coefficient (Wildman–Crippen LogP) is 2.78. The molecule has 6 heteroatoms. The maximum atomic E-state index is 12.3. The Labute approximate surface area is 145 Å². The van der Waals surface area contributed by atoms with Gasteiger partial charge in [0.25, 0.3) is 5.91 Å². The molecule has 1 aliphatic rings. The minimum atomic E-state index is -0.899. The lowest BCUT2D eigenvalue weighted by atomic mass is 10.00. The fourth-order valence-electron chi connectivity index (χ4n) is 2.54. The maximum Gasteiger partial charge on any atom is 0.255 e. The molecule has 5 nitrogen and oxygen atoms in total. The van der Waals surface area contributed by atoms with Gasteiger partial charge >= 0.3 is 0 Å². The molecule has 1 amide bonds. The molecule has 0 aromatic heterocycles. The molecule has 2 aromatic rings. The zero-order chi connectivity index (χ0) is 16.9. The number of halogens is 1. The molecule has 2 N–H and O–H groups in total. The van der Waals surface area contributed by atoms with Crippen molar-refractivity contribution in [1.82, 2.24) is 0 Å². The van der Waals surface area contributed by atoms with Crippen LogP contribution in [0.2, 0.25) is 5.02 Å². The van der Waals surface area contributed by atoms with Gasteiger partial charge in [-0.05, 0) is 23.8 Å². The van der Waals surface area contributed by atoms with Crippen molar-refractivity contribution in [2.24, 2.45) is 0 Å². The number of aliphatic hydroxyl groups excluding tert-OH is 1. The third-order valence-electron chi connectivity index (χ3n) is 3.79. The molecule has 1 heterocycles. The van der Waals surface area contributed by atoms with E-state index < -0.39 is 12.2 Å². The third-order valence-corrected chi connectivity index (χ3v) is 4.02. The van der Waals surface area contributed by atoms with Crippen LogP contribution in [0.25, 0.3) is 0 Å². The van der Waals surface area contributed by atoms with Gasteiger partial charge in [-0.25, -0.2) is 0 Å². The van der Waals surface area contributed by atoms with Crippen molar-refractivity contribution in [2.75, 3.05) is 25.1 Å². The normalized spacial score (nSPS) is 18.8. The van der Waals surface area contributed by atoms with Crippen LogP contribution in [0.3, 0.4) is 0 Å². The average molecular weight is 348 g/mol. The van der Waals surface area contributed by atoms with E-state index in [0.717, 1.165) is 0 Å². The van der Waals surface area contributed by atoms with E-state index >= 15 is 0 Å². The number of amides is 1. The number of aliphatic hydroxyl groups is 1. The summed E-state index contributed by atoms with van der Waals surface area (Å²) in [4.78, 5) is 12.3. The highest BCUT2D eigenvalue weighted by Crippen LogP contribution is 2.31. The minimum Gasteiger partial charge on any atom is -0.384 e. The number of carbonyl (C=O) groups excluding carboxylic acids is 1. The van der Waals surface area contributed by atoms with Gasteiger partial charge in [0.1, 0.15) is 6.10 Å². The Morgan fingerprint density at radius 3 is 2.71 bits per heavy atom. The lowest BCUT2D eigenvalue weighted by molar-refractivity contribution is -0.142. The van der Waals surface area contributed by atoms with Crippen LogP contribution in [-0.2, 0) is 14.3 Å². The zero-order valence-electron chi connectivity index (χ0n) is 12.9. The van der Waals surface area contributed by atoms with E-state index in [1.807, 2.05) is 30.3 Å². The summed E-state index contributed by atoms with van der Waals surface area (Å²) < 4.78 is 10.6. The van der Waals surface area contributed by atoms with Crippen LogP contribution in [0.1, 0.15) is 17.2 Å². The van der Waals surface area contributed by atoms with Crippen LogP contribution in [0, 0.1) is 0 Å². The molecule has 126 valence electrons. The fourth-order valence-corrected chi connectivity index (χ4v) is 2.72. The first-order valence-corrected chi connectivity index (χ1v) is 8.05. The maximum absolute atomic E-state index is 12.3.